The zero-order valence-corrected chi connectivity index (χ0v) is 11.8. The van der Waals surface area contributed by atoms with Gasteiger partial charge in [0.15, 0.2) is 0 Å². The molecule has 1 unspecified atom stereocenters. The van der Waals surface area contributed by atoms with E-state index in [-0.39, 0.29) is 17.9 Å². The highest BCUT2D eigenvalue weighted by Gasteiger charge is 2.10. The summed E-state index contributed by atoms with van der Waals surface area (Å²) >= 11 is 0. The molecular weight excluding hydrogens is 278 g/mol. The molecule has 1 atom stereocenters. The third kappa shape index (κ3) is 3.70. The van der Waals surface area contributed by atoms with Gasteiger partial charge in [0.1, 0.15) is 29.7 Å². The monoisotopic (exact) mass is 294 g/mol. The van der Waals surface area contributed by atoms with Crippen molar-refractivity contribution in [3.8, 4) is 11.5 Å². The molecule has 0 fully saturated rings. The molecule has 0 aliphatic carbocycles. The Hall–Kier alpha value is -2.14. The van der Waals surface area contributed by atoms with Gasteiger partial charge in [0.05, 0.1) is 13.2 Å². The van der Waals surface area contributed by atoms with Crippen LogP contribution in [0.4, 0.5) is 8.78 Å². The Morgan fingerprint density at radius 1 is 1.05 bits per heavy atom. The summed E-state index contributed by atoms with van der Waals surface area (Å²) in [7, 11) is 1.46. The van der Waals surface area contributed by atoms with E-state index in [4.69, 9.17) is 9.47 Å². The number of rotatable bonds is 5. The van der Waals surface area contributed by atoms with Crippen molar-refractivity contribution in [2.24, 2.45) is 0 Å². The van der Waals surface area contributed by atoms with Crippen molar-refractivity contribution in [3.05, 3.63) is 59.2 Å². The Labute approximate surface area is 121 Å². The molecule has 3 nitrogen and oxygen atoms in total. The van der Waals surface area contributed by atoms with Crippen molar-refractivity contribution >= 4 is 0 Å². The van der Waals surface area contributed by atoms with Gasteiger partial charge in [0.2, 0.25) is 0 Å². The molecular formula is C16H16F2O3. The Bertz CT molecular complexity index is 627. The van der Waals surface area contributed by atoms with Gasteiger partial charge in [-0.1, -0.05) is 0 Å². The van der Waals surface area contributed by atoms with E-state index in [2.05, 4.69) is 0 Å². The first-order valence-electron chi connectivity index (χ1n) is 6.44. The van der Waals surface area contributed by atoms with Crippen molar-refractivity contribution in [1.82, 2.24) is 0 Å². The molecule has 0 amide bonds. The Morgan fingerprint density at radius 3 is 2.29 bits per heavy atom. The molecule has 112 valence electrons. The predicted molar refractivity (Wildman–Crippen MR) is 74.3 cm³/mol. The molecule has 0 aromatic heterocycles. The minimum Gasteiger partial charge on any atom is -0.497 e. The number of halogens is 2. The molecule has 21 heavy (non-hydrogen) atoms. The number of hydrogen-bond donors (Lipinski definition) is 1. The number of hydrogen-bond acceptors (Lipinski definition) is 3. The Morgan fingerprint density at radius 2 is 1.71 bits per heavy atom. The number of aliphatic hydroxyl groups excluding tert-OH is 1. The summed E-state index contributed by atoms with van der Waals surface area (Å²) in [6.07, 6.45) is -0.891. The van der Waals surface area contributed by atoms with Crippen LogP contribution < -0.4 is 9.47 Å². The van der Waals surface area contributed by atoms with Crippen LogP contribution in [0.1, 0.15) is 24.2 Å². The average Bonchev–Trinajstić information content (AvgIpc) is 2.45. The maximum atomic E-state index is 13.7. The molecule has 0 bridgehead atoms. The normalized spacial score (nSPS) is 12.0. The largest absolute Gasteiger partial charge is 0.497 e. The first-order valence-corrected chi connectivity index (χ1v) is 6.44. The molecule has 0 radical (unpaired) electrons. The van der Waals surface area contributed by atoms with Crippen LogP contribution >= 0.6 is 0 Å². The van der Waals surface area contributed by atoms with Gasteiger partial charge in [-0.15, -0.1) is 0 Å². The minimum atomic E-state index is -0.891. The fourth-order valence-corrected chi connectivity index (χ4v) is 1.87. The second kappa shape index (κ2) is 6.54. The van der Waals surface area contributed by atoms with E-state index in [1.807, 2.05) is 0 Å². The lowest BCUT2D eigenvalue weighted by atomic mass is 10.1. The molecule has 2 rings (SSSR count). The molecule has 2 aromatic carbocycles. The lowest BCUT2D eigenvalue weighted by Crippen LogP contribution is -2.01. The standard InChI is InChI=1S/C16H16F2O3/c1-10(19)14-6-5-13(8-16(14)18)21-9-11-3-4-12(20-2)7-15(11)17/h3-8,10,19H,9H2,1-2H3. The lowest BCUT2D eigenvalue weighted by Gasteiger charge is -2.11. The van der Waals surface area contributed by atoms with E-state index in [1.54, 1.807) is 12.1 Å². The summed E-state index contributed by atoms with van der Waals surface area (Å²) in [5.74, 6) is -0.316. The quantitative estimate of drug-likeness (QED) is 0.915. The zero-order valence-electron chi connectivity index (χ0n) is 11.8. The Kier molecular flexibility index (Phi) is 4.75. The summed E-state index contributed by atoms with van der Waals surface area (Å²) in [6, 6.07) is 8.58. The first-order chi connectivity index (χ1) is 10.0. The van der Waals surface area contributed by atoms with E-state index in [0.717, 1.165) is 0 Å². The molecule has 0 spiro atoms. The summed E-state index contributed by atoms with van der Waals surface area (Å²) in [6.45, 7) is 1.45. The third-order valence-electron chi connectivity index (χ3n) is 3.08. The molecule has 0 aliphatic rings. The SMILES string of the molecule is COc1ccc(COc2ccc(C(C)O)c(F)c2)c(F)c1. The van der Waals surface area contributed by atoms with E-state index in [1.165, 1.54) is 38.3 Å². The maximum Gasteiger partial charge on any atom is 0.133 e. The molecule has 0 heterocycles. The second-order valence-electron chi connectivity index (χ2n) is 4.61. The second-order valence-corrected chi connectivity index (χ2v) is 4.61. The van der Waals surface area contributed by atoms with Gasteiger partial charge in [-0.25, -0.2) is 8.78 Å². The predicted octanol–water partition coefficient (Wildman–Crippen LogP) is 3.61. The van der Waals surface area contributed by atoms with Crippen LogP contribution in [0.2, 0.25) is 0 Å². The molecule has 5 heteroatoms. The van der Waals surface area contributed by atoms with Gasteiger partial charge in [-0.05, 0) is 31.2 Å². The molecule has 0 aliphatic heterocycles. The first kappa shape index (κ1) is 15.3. The van der Waals surface area contributed by atoms with E-state index >= 15 is 0 Å². The van der Waals surface area contributed by atoms with Crippen molar-refractivity contribution < 1.29 is 23.4 Å². The van der Waals surface area contributed by atoms with Crippen LogP contribution in [0, 0.1) is 11.6 Å². The highest BCUT2D eigenvalue weighted by atomic mass is 19.1. The molecule has 1 N–H and O–H groups in total. The fraction of sp³-hybridized carbons (Fsp3) is 0.250. The van der Waals surface area contributed by atoms with Gasteiger partial charge in [0.25, 0.3) is 0 Å². The van der Waals surface area contributed by atoms with Crippen LogP contribution in [0.25, 0.3) is 0 Å². The van der Waals surface area contributed by atoms with Crippen molar-refractivity contribution in [1.29, 1.82) is 0 Å². The van der Waals surface area contributed by atoms with Gasteiger partial charge in [-0.3, -0.25) is 0 Å². The average molecular weight is 294 g/mol. The van der Waals surface area contributed by atoms with Crippen LogP contribution in [0.5, 0.6) is 11.5 Å². The van der Waals surface area contributed by atoms with E-state index in [0.29, 0.717) is 11.3 Å². The number of benzene rings is 2. The fourth-order valence-electron chi connectivity index (χ4n) is 1.87. The molecule has 0 saturated heterocycles. The van der Waals surface area contributed by atoms with Crippen molar-refractivity contribution in [2.75, 3.05) is 7.11 Å². The summed E-state index contributed by atoms with van der Waals surface area (Å²) < 4.78 is 37.7. The van der Waals surface area contributed by atoms with E-state index in [9.17, 15) is 13.9 Å². The zero-order chi connectivity index (χ0) is 15.4. The third-order valence-corrected chi connectivity index (χ3v) is 3.08. The van der Waals surface area contributed by atoms with Crippen LogP contribution in [0.15, 0.2) is 36.4 Å². The topological polar surface area (TPSA) is 38.7 Å². The van der Waals surface area contributed by atoms with Crippen LogP contribution in [-0.4, -0.2) is 12.2 Å². The van der Waals surface area contributed by atoms with Crippen molar-refractivity contribution in [3.63, 3.8) is 0 Å². The van der Waals surface area contributed by atoms with E-state index < -0.39 is 17.7 Å². The maximum absolute atomic E-state index is 13.7. The van der Waals surface area contributed by atoms with Gasteiger partial charge in [0, 0.05) is 23.3 Å². The highest BCUT2D eigenvalue weighted by molar-refractivity contribution is 5.31. The number of ether oxygens (including phenoxy) is 2. The summed E-state index contributed by atoms with van der Waals surface area (Å²) in [5, 5.41) is 9.35. The van der Waals surface area contributed by atoms with Crippen LogP contribution in [-0.2, 0) is 6.61 Å². The highest BCUT2D eigenvalue weighted by Crippen LogP contribution is 2.23. The smallest absolute Gasteiger partial charge is 0.133 e. The minimum absolute atomic E-state index is 0.0245. The summed E-state index contributed by atoms with van der Waals surface area (Å²) in [4.78, 5) is 0. The molecule has 0 saturated carbocycles. The van der Waals surface area contributed by atoms with Gasteiger partial charge in [-0.2, -0.15) is 0 Å². The number of aliphatic hydroxyl groups is 1. The molecule has 2 aromatic rings. The van der Waals surface area contributed by atoms with Gasteiger partial charge >= 0.3 is 0 Å². The lowest BCUT2D eigenvalue weighted by molar-refractivity contribution is 0.194. The Balaban J connectivity index is 2.08. The summed E-state index contributed by atoms with van der Waals surface area (Å²) in [5.41, 5.74) is 0.536. The van der Waals surface area contributed by atoms with Crippen molar-refractivity contribution in [2.45, 2.75) is 19.6 Å². The van der Waals surface area contributed by atoms with Crippen LogP contribution in [0.3, 0.4) is 0 Å². The number of methoxy groups -OCH3 is 1. The van der Waals surface area contributed by atoms with Gasteiger partial charge < -0.3 is 14.6 Å².